The van der Waals surface area contributed by atoms with E-state index in [1.165, 1.54) is 6.08 Å². The highest BCUT2D eigenvalue weighted by molar-refractivity contribution is 5.87. The Morgan fingerprint density at radius 3 is 2.66 bits per heavy atom. The van der Waals surface area contributed by atoms with E-state index in [2.05, 4.69) is 37.9 Å². The lowest BCUT2D eigenvalue weighted by molar-refractivity contribution is -0.147. The molecule has 0 radical (unpaired) electrons. The predicted molar refractivity (Wildman–Crippen MR) is 161 cm³/mol. The molecule has 0 N–H and O–H groups in total. The molecule has 6 aliphatic rings. The standard InChI is InChI=1S/C32H39F2N7O3/c1-3-28(42)39-13-11-37(12-14-39)24-17-40-22(24)6-4-5-21-23(40)15-27(36-29(21)31(33)34)38-9-7-32(8-10-38)30-20(2)16-35-41(30)25-18-43-19-26(25)44-32/h3-5,15-16,22,24-26,31H,1,6-14,17-19H2,2H3/t22?,24-,25?,26-/m1/s1. The van der Waals surface area contributed by atoms with Gasteiger partial charge in [-0.15, -0.1) is 0 Å². The van der Waals surface area contributed by atoms with Crippen molar-refractivity contribution in [2.45, 2.75) is 62.4 Å². The maximum absolute atomic E-state index is 14.5. The maximum atomic E-state index is 14.5. The number of amides is 1. The van der Waals surface area contributed by atoms with Crippen LogP contribution in [0.2, 0.25) is 0 Å². The van der Waals surface area contributed by atoms with Crippen molar-refractivity contribution in [3.8, 4) is 0 Å². The summed E-state index contributed by atoms with van der Waals surface area (Å²) in [6.07, 6.45) is 6.68. The summed E-state index contributed by atoms with van der Waals surface area (Å²) in [5.74, 6) is 0.577. The summed E-state index contributed by atoms with van der Waals surface area (Å²) in [7, 11) is 0. The van der Waals surface area contributed by atoms with Crippen molar-refractivity contribution in [1.29, 1.82) is 0 Å². The normalized spacial score (nSPS) is 29.1. The number of rotatable bonds is 4. The Labute approximate surface area is 255 Å². The Morgan fingerprint density at radius 2 is 1.91 bits per heavy atom. The van der Waals surface area contributed by atoms with Crippen LogP contribution in [-0.4, -0.2) is 108 Å². The van der Waals surface area contributed by atoms with E-state index in [-0.39, 0.29) is 29.8 Å². The zero-order valence-electron chi connectivity index (χ0n) is 25.1. The second kappa shape index (κ2) is 10.6. The van der Waals surface area contributed by atoms with Crippen LogP contribution in [0.25, 0.3) is 6.08 Å². The molecule has 1 amide bonds. The number of hydrogen-bond acceptors (Lipinski definition) is 8. The van der Waals surface area contributed by atoms with E-state index in [4.69, 9.17) is 14.6 Å². The van der Waals surface area contributed by atoms with Crippen LogP contribution in [0, 0.1) is 6.92 Å². The van der Waals surface area contributed by atoms with E-state index in [0.29, 0.717) is 56.8 Å². The molecule has 2 aromatic heterocycles. The molecule has 4 atom stereocenters. The molecule has 0 bridgehead atoms. The minimum absolute atomic E-state index is 0.0260. The number of carbonyl (C=O) groups excluding carboxylic acids is 1. The predicted octanol–water partition coefficient (Wildman–Crippen LogP) is 3.29. The first-order valence-electron chi connectivity index (χ1n) is 15.8. The van der Waals surface area contributed by atoms with Gasteiger partial charge in [0, 0.05) is 69.5 Å². The summed E-state index contributed by atoms with van der Waals surface area (Å²) in [5.41, 5.74) is 3.00. The largest absolute Gasteiger partial charge is 0.376 e. The molecule has 6 aliphatic heterocycles. The van der Waals surface area contributed by atoms with E-state index in [1.54, 1.807) is 0 Å². The second-order valence-electron chi connectivity index (χ2n) is 13.0. The van der Waals surface area contributed by atoms with Crippen molar-refractivity contribution in [3.63, 3.8) is 0 Å². The van der Waals surface area contributed by atoms with Crippen LogP contribution < -0.4 is 9.80 Å². The number of alkyl halides is 2. The fraction of sp³-hybridized carbons (Fsp3) is 0.594. The monoisotopic (exact) mass is 607 g/mol. The van der Waals surface area contributed by atoms with Crippen molar-refractivity contribution in [3.05, 3.63) is 53.5 Å². The lowest BCUT2D eigenvalue weighted by Crippen LogP contribution is -2.69. The van der Waals surface area contributed by atoms with Gasteiger partial charge in [0.05, 0.1) is 30.8 Å². The van der Waals surface area contributed by atoms with E-state index >= 15 is 0 Å². The van der Waals surface area contributed by atoms with Gasteiger partial charge < -0.3 is 24.2 Å². The number of fused-ring (bicyclic) bond motifs is 7. The van der Waals surface area contributed by atoms with E-state index in [0.717, 1.165) is 55.8 Å². The second-order valence-corrected chi connectivity index (χ2v) is 13.0. The lowest BCUT2D eigenvalue weighted by atomic mass is 9.83. The SMILES string of the molecule is C=CC(=O)N1CCN([C@@H]2CN3c4cc(N5CCC6(CC5)O[C@@H]5COCC5n5ncc(C)c56)nc(C(F)F)c4C=CCC23)CC1. The molecule has 1 spiro atoms. The van der Waals surface area contributed by atoms with Crippen LogP contribution in [0.15, 0.2) is 31.0 Å². The van der Waals surface area contributed by atoms with Gasteiger partial charge in [-0.3, -0.25) is 14.4 Å². The number of aryl methyl sites for hydroxylation is 1. The Bertz CT molecular complexity index is 1490. The van der Waals surface area contributed by atoms with Crippen molar-refractivity contribution in [1.82, 2.24) is 24.6 Å². The molecular weight excluding hydrogens is 568 g/mol. The summed E-state index contributed by atoms with van der Waals surface area (Å²) in [5, 5.41) is 4.70. The molecule has 4 saturated heterocycles. The van der Waals surface area contributed by atoms with Gasteiger partial charge in [0.15, 0.2) is 0 Å². The van der Waals surface area contributed by atoms with Crippen LogP contribution in [0.5, 0.6) is 0 Å². The number of halogens is 2. The van der Waals surface area contributed by atoms with Gasteiger partial charge in [-0.1, -0.05) is 18.7 Å². The summed E-state index contributed by atoms with van der Waals surface area (Å²) in [6.45, 7) is 11.9. The van der Waals surface area contributed by atoms with Gasteiger partial charge in [-0.25, -0.2) is 13.8 Å². The molecule has 12 heteroatoms. The van der Waals surface area contributed by atoms with Crippen LogP contribution in [-0.2, 0) is 19.9 Å². The van der Waals surface area contributed by atoms with Gasteiger partial charge in [0.2, 0.25) is 5.91 Å². The molecular formula is C32H39F2N7O3. The number of piperazine rings is 1. The molecule has 2 aromatic rings. The van der Waals surface area contributed by atoms with E-state index < -0.39 is 12.0 Å². The third-order valence-electron chi connectivity index (χ3n) is 10.7. The summed E-state index contributed by atoms with van der Waals surface area (Å²) < 4.78 is 43.7. The topological polar surface area (TPSA) is 79.2 Å². The van der Waals surface area contributed by atoms with Crippen molar-refractivity contribution >= 4 is 23.5 Å². The molecule has 44 heavy (non-hydrogen) atoms. The number of anilines is 2. The highest BCUT2D eigenvalue weighted by Gasteiger charge is 2.51. The molecule has 0 aliphatic carbocycles. The number of pyridine rings is 1. The number of nitrogens with zero attached hydrogens (tertiary/aromatic N) is 7. The fourth-order valence-corrected chi connectivity index (χ4v) is 8.39. The van der Waals surface area contributed by atoms with Crippen LogP contribution >= 0.6 is 0 Å². The number of ether oxygens (including phenoxy) is 2. The smallest absolute Gasteiger partial charge is 0.281 e. The quantitative estimate of drug-likeness (QED) is 0.491. The molecule has 4 fully saturated rings. The Morgan fingerprint density at radius 1 is 1.11 bits per heavy atom. The number of piperidine rings is 1. The zero-order chi connectivity index (χ0) is 30.2. The third-order valence-corrected chi connectivity index (χ3v) is 10.7. The molecule has 234 valence electrons. The highest BCUT2D eigenvalue weighted by Crippen LogP contribution is 2.48. The van der Waals surface area contributed by atoms with Crippen LogP contribution in [0.4, 0.5) is 20.3 Å². The maximum Gasteiger partial charge on any atom is 0.281 e. The van der Waals surface area contributed by atoms with E-state index in [9.17, 15) is 13.6 Å². The van der Waals surface area contributed by atoms with Gasteiger partial charge in [-0.05, 0) is 37.8 Å². The average molecular weight is 608 g/mol. The van der Waals surface area contributed by atoms with Crippen molar-refractivity contribution in [2.75, 3.05) is 68.8 Å². The first kappa shape index (κ1) is 28.1. The third kappa shape index (κ3) is 4.32. The first-order valence-corrected chi connectivity index (χ1v) is 15.8. The van der Waals surface area contributed by atoms with Gasteiger partial charge >= 0.3 is 0 Å². The number of carbonyl (C=O) groups is 1. The van der Waals surface area contributed by atoms with Crippen molar-refractivity contribution in [2.24, 2.45) is 0 Å². The molecule has 0 saturated carbocycles. The minimum Gasteiger partial charge on any atom is -0.376 e. The number of hydrogen-bond donors (Lipinski definition) is 0. The minimum atomic E-state index is -2.67. The van der Waals surface area contributed by atoms with Gasteiger partial charge in [-0.2, -0.15) is 5.10 Å². The molecule has 2 unspecified atom stereocenters. The van der Waals surface area contributed by atoms with Gasteiger partial charge in [0.1, 0.15) is 29.3 Å². The van der Waals surface area contributed by atoms with Crippen LogP contribution in [0.1, 0.15) is 54.2 Å². The molecule has 8 heterocycles. The fourth-order valence-electron chi connectivity index (χ4n) is 8.39. The Balaban J connectivity index is 1.03. The van der Waals surface area contributed by atoms with E-state index in [1.807, 2.05) is 29.3 Å². The Hall–Kier alpha value is -3.35. The lowest BCUT2D eigenvalue weighted by Gasteiger charge is -2.55. The highest BCUT2D eigenvalue weighted by atomic mass is 19.3. The van der Waals surface area contributed by atoms with Gasteiger partial charge in [0.25, 0.3) is 6.43 Å². The summed E-state index contributed by atoms with van der Waals surface area (Å²) in [4.78, 5) is 25.4. The van der Waals surface area contributed by atoms with Crippen LogP contribution in [0.3, 0.4) is 0 Å². The van der Waals surface area contributed by atoms with Crippen molar-refractivity contribution < 1.29 is 23.0 Å². The Kier molecular flexibility index (Phi) is 6.80. The molecule has 10 nitrogen and oxygen atoms in total. The molecule has 0 aromatic carbocycles. The zero-order valence-corrected chi connectivity index (χ0v) is 25.1. The summed E-state index contributed by atoms with van der Waals surface area (Å²) >= 11 is 0. The average Bonchev–Trinajstić information content (AvgIpc) is 3.62. The molecule has 8 rings (SSSR count). The summed E-state index contributed by atoms with van der Waals surface area (Å²) in [6, 6.07) is 2.63. The first-order chi connectivity index (χ1) is 21.4. The number of aromatic nitrogens is 3.